The predicted molar refractivity (Wildman–Crippen MR) is 273 cm³/mol. The number of ether oxygens (including phenoxy) is 3. The number of nitrogens with zero attached hydrogens (tertiary/aromatic N) is 5. The Bertz CT molecular complexity index is 2540. The number of benzene rings is 2. The number of rotatable bonds is 14. The van der Waals surface area contributed by atoms with E-state index in [4.69, 9.17) is 19.2 Å². The zero-order valence-electron chi connectivity index (χ0n) is 42.4. The van der Waals surface area contributed by atoms with Crippen molar-refractivity contribution in [3.63, 3.8) is 0 Å². The summed E-state index contributed by atoms with van der Waals surface area (Å²) in [6, 6.07) is 12.6. The van der Waals surface area contributed by atoms with E-state index in [2.05, 4.69) is 72.6 Å². The summed E-state index contributed by atoms with van der Waals surface area (Å²) in [6.07, 6.45) is 7.59. The zero-order chi connectivity index (χ0) is 50.5. The Hall–Kier alpha value is -5.74. The quantitative estimate of drug-likeness (QED) is 0.0831. The van der Waals surface area contributed by atoms with Crippen molar-refractivity contribution in [1.82, 2.24) is 30.1 Å². The standard InChI is InChI=1S/C55H73N7O8/c1-11-42(48(56-13-3)36(6)68-10)50-44-27-54(7,8)33-70-34-55(32-63)21-15-22-62(58-55)53(67)45(57-51(65)49(35(4)5)59(9)52(66)41-20-23-60(29-41)47(64)12-2)25-37-16-14-17-39(24-37)40-18-19-46(43(44)26-40)61(50)28-38-30-69-31-38/h11-14,16-19,24,26,32,35-36,38,41,45,49,58H,1-2,15,20-23,25,27-31,33-34H2,3-10H3,(H,57,65)/b48-42+,56-13-/t36-,41-,45-,49-,55-/m0/s1. The third kappa shape index (κ3) is 11.1. The van der Waals surface area contributed by atoms with Gasteiger partial charge in [0.2, 0.25) is 17.7 Å². The number of aromatic nitrogens is 1. The van der Waals surface area contributed by atoms with Gasteiger partial charge in [0, 0.05) is 75.4 Å². The Labute approximate surface area is 413 Å². The van der Waals surface area contributed by atoms with Gasteiger partial charge >= 0.3 is 0 Å². The van der Waals surface area contributed by atoms with Gasteiger partial charge in [-0.05, 0) is 91.3 Å². The first-order chi connectivity index (χ1) is 33.5. The first kappa shape index (κ1) is 52.1. The summed E-state index contributed by atoms with van der Waals surface area (Å²) < 4.78 is 20.6. The first-order valence-electron chi connectivity index (χ1n) is 24.8. The van der Waals surface area contributed by atoms with Gasteiger partial charge in [-0.15, -0.1) is 0 Å². The maximum Gasteiger partial charge on any atom is 0.259 e. The minimum Gasteiger partial charge on any atom is -0.381 e. The highest BCUT2D eigenvalue weighted by molar-refractivity contribution is 5.96. The summed E-state index contributed by atoms with van der Waals surface area (Å²) in [7, 11) is 3.29. The lowest BCUT2D eigenvalue weighted by Crippen LogP contribution is -2.66. The second-order valence-electron chi connectivity index (χ2n) is 20.7. The van der Waals surface area contributed by atoms with Crippen LogP contribution in [0.5, 0.6) is 0 Å². The Kier molecular flexibility index (Phi) is 16.5. The Morgan fingerprint density at radius 3 is 2.46 bits per heavy atom. The molecule has 0 aliphatic carbocycles. The summed E-state index contributed by atoms with van der Waals surface area (Å²) in [4.78, 5) is 77.0. The number of likely N-dealkylation sites (N-methyl/N-ethyl adjacent to an activating group) is 1. The van der Waals surface area contributed by atoms with Crippen LogP contribution in [-0.4, -0.2) is 139 Å². The van der Waals surface area contributed by atoms with Gasteiger partial charge < -0.3 is 38.7 Å². The lowest BCUT2D eigenvalue weighted by Gasteiger charge is -2.42. The van der Waals surface area contributed by atoms with E-state index in [1.165, 1.54) is 16.0 Å². The highest BCUT2D eigenvalue weighted by Crippen LogP contribution is 2.41. The molecule has 15 heteroatoms. The highest BCUT2D eigenvalue weighted by atomic mass is 16.5. The van der Waals surface area contributed by atoms with Crippen molar-refractivity contribution < 1.29 is 38.2 Å². The molecule has 3 aromatic rings. The number of carbonyl (C=O) groups excluding carboxylic acids is 5. The van der Waals surface area contributed by atoms with Crippen LogP contribution in [0.3, 0.4) is 0 Å². The number of hydrogen-bond donors (Lipinski definition) is 2. The second kappa shape index (κ2) is 22.1. The maximum absolute atomic E-state index is 14.9. The number of aldehydes is 1. The van der Waals surface area contributed by atoms with Gasteiger partial charge in [-0.3, -0.25) is 29.2 Å². The molecule has 0 spiro atoms. The molecule has 0 radical (unpaired) electrons. The van der Waals surface area contributed by atoms with Gasteiger partial charge in [0.05, 0.1) is 49.8 Å². The molecule has 0 unspecified atom stereocenters. The van der Waals surface area contributed by atoms with Crippen LogP contribution in [-0.2, 0) is 57.6 Å². The van der Waals surface area contributed by atoms with E-state index >= 15 is 0 Å². The Balaban J connectivity index is 1.33. The molecule has 1 aromatic heterocycles. The molecule has 5 atom stereocenters. The van der Waals surface area contributed by atoms with E-state index in [-0.39, 0.29) is 43.4 Å². The number of aliphatic imine (C=N–C) groups is 1. The van der Waals surface area contributed by atoms with Crippen LogP contribution in [0.1, 0.15) is 77.6 Å². The molecule has 3 fully saturated rings. The van der Waals surface area contributed by atoms with Crippen molar-refractivity contribution in [3.8, 4) is 11.1 Å². The molecule has 2 aromatic carbocycles. The Morgan fingerprint density at radius 1 is 1.04 bits per heavy atom. The number of likely N-dealkylation sites (tertiary alicyclic amines) is 1. The van der Waals surface area contributed by atoms with Crippen LogP contribution in [0.2, 0.25) is 0 Å². The topological polar surface area (TPSA) is 164 Å². The molecule has 70 heavy (non-hydrogen) atoms. The van der Waals surface area contributed by atoms with Crippen molar-refractivity contribution in [1.29, 1.82) is 0 Å². The van der Waals surface area contributed by atoms with Gasteiger partial charge in [-0.2, -0.15) is 0 Å². The number of hydrazine groups is 1. The molecule has 3 saturated heterocycles. The maximum atomic E-state index is 14.9. The van der Waals surface area contributed by atoms with E-state index in [1.807, 2.05) is 45.9 Å². The van der Waals surface area contributed by atoms with Gasteiger partial charge in [0.1, 0.15) is 23.9 Å². The van der Waals surface area contributed by atoms with Crippen molar-refractivity contribution in [3.05, 3.63) is 90.3 Å². The minimum atomic E-state index is -1.21. The highest BCUT2D eigenvalue weighted by Gasteiger charge is 2.42. The van der Waals surface area contributed by atoms with Crippen LogP contribution in [0.15, 0.2) is 78.5 Å². The fraction of sp³-hybridized carbons (Fsp3) is 0.527. The fourth-order valence-electron chi connectivity index (χ4n) is 10.7. The number of amides is 4. The van der Waals surface area contributed by atoms with Crippen molar-refractivity contribution in [2.75, 3.05) is 60.2 Å². The fourth-order valence-corrected chi connectivity index (χ4v) is 10.7. The SMILES string of the molecule is C=CC(=O)N1CC[C@H](C(=O)N(C)[C@H](C(=O)N[C@H]2Cc3cccc(c3)-c3ccc4c(c3)c(c(/C(C=C)=C(/N=C\C)[C@H](C)OC)n4CC3COC3)CC(C)(C)COC[C@@]3(C=O)CCCN(N3)C2=O)C(C)C)C1. The van der Waals surface area contributed by atoms with E-state index in [9.17, 15) is 24.0 Å². The molecule has 15 nitrogen and oxygen atoms in total. The molecule has 5 heterocycles. The van der Waals surface area contributed by atoms with E-state index in [1.54, 1.807) is 25.3 Å². The van der Waals surface area contributed by atoms with Gasteiger partial charge in [0.15, 0.2) is 0 Å². The average molecular weight is 960 g/mol. The molecule has 4 aliphatic rings. The smallest absolute Gasteiger partial charge is 0.259 e. The molecule has 6 bridgehead atoms. The van der Waals surface area contributed by atoms with Crippen LogP contribution in [0.25, 0.3) is 27.6 Å². The summed E-state index contributed by atoms with van der Waals surface area (Å²) in [5.41, 5.74) is 9.15. The third-order valence-corrected chi connectivity index (χ3v) is 14.4. The molecule has 7 rings (SSSR count). The monoisotopic (exact) mass is 960 g/mol. The van der Waals surface area contributed by atoms with Gasteiger partial charge in [0.25, 0.3) is 5.91 Å². The summed E-state index contributed by atoms with van der Waals surface area (Å²) >= 11 is 0. The number of nitrogens with one attached hydrogen (secondary N) is 2. The van der Waals surface area contributed by atoms with Crippen molar-refractivity contribution >= 4 is 52.6 Å². The van der Waals surface area contributed by atoms with Crippen LogP contribution < -0.4 is 10.7 Å². The third-order valence-electron chi connectivity index (χ3n) is 14.4. The number of carbonyl (C=O) groups is 5. The van der Waals surface area contributed by atoms with E-state index in [0.717, 1.165) is 63.0 Å². The molecule has 0 saturated carbocycles. The van der Waals surface area contributed by atoms with Crippen LogP contribution in [0.4, 0.5) is 0 Å². The average Bonchev–Trinajstić information content (AvgIpc) is 3.94. The van der Waals surface area contributed by atoms with Crippen LogP contribution in [0, 0.1) is 23.2 Å². The zero-order valence-corrected chi connectivity index (χ0v) is 42.4. The Morgan fingerprint density at radius 2 is 1.80 bits per heavy atom. The summed E-state index contributed by atoms with van der Waals surface area (Å²) in [5, 5.41) is 5.61. The summed E-state index contributed by atoms with van der Waals surface area (Å²) in [5.74, 6) is -1.85. The van der Waals surface area contributed by atoms with Gasteiger partial charge in [-0.25, -0.2) is 5.43 Å². The van der Waals surface area contributed by atoms with E-state index in [0.29, 0.717) is 64.5 Å². The van der Waals surface area contributed by atoms with Crippen molar-refractivity contribution in [2.24, 2.45) is 28.2 Å². The number of hydrogen-bond acceptors (Lipinski definition) is 10. The normalized spacial score (nSPS) is 23.3. The predicted octanol–water partition coefficient (Wildman–Crippen LogP) is 6.19. The largest absolute Gasteiger partial charge is 0.381 e. The first-order valence-corrected chi connectivity index (χ1v) is 24.8. The van der Waals surface area contributed by atoms with Crippen LogP contribution >= 0.6 is 0 Å². The van der Waals surface area contributed by atoms with Crippen molar-refractivity contribution in [2.45, 2.75) is 104 Å². The molecular weight excluding hydrogens is 887 g/mol. The minimum absolute atomic E-state index is 0.0150. The second-order valence-corrected chi connectivity index (χ2v) is 20.7. The number of fused-ring (bicyclic) bond motifs is 6. The lowest BCUT2D eigenvalue weighted by atomic mass is 9.83. The number of allylic oxidation sites excluding steroid dienone is 2. The van der Waals surface area contributed by atoms with E-state index < -0.39 is 40.8 Å². The summed E-state index contributed by atoms with van der Waals surface area (Å²) in [6.45, 7) is 23.2. The molecule has 376 valence electrons. The molecule has 4 aliphatic heterocycles. The van der Waals surface area contributed by atoms with Gasteiger partial charge in [-0.1, -0.05) is 77.3 Å². The molecule has 4 amide bonds. The molecular formula is C55H73N7O8. The number of methoxy groups -OCH3 is 1. The lowest BCUT2D eigenvalue weighted by molar-refractivity contribution is -0.148. The molecule has 2 N–H and O–H groups in total.